The van der Waals surface area contributed by atoms with Crippen molar-refractivity contribution in [2.75, 3.05) is 13.7 Å². The molecule has 0 bridgehead atoms. The summed E-state index contributed by atoms with van der Waals surface area (Å²) in [5, 5.41) is 3.04. The van der Waals surface area contributed by atoms with Crippen molar-refractivity contribution >= 4 is 18.3 Å². The average molecular weight is 367 g/mol. The number of amides is 1. The molecule has 2 aromatic rings. The molecule has 0 aliphatic heterocycles. The second-order valence-corrected chi connectivity index (χ2v) is 5.62. The predicted octanol–water partition coefficient (Wildman–Crippen LogP) is 3.40. The standard InChI is InChI=1S/C19H23FN2O2.ClH/c1-24-17-10-6-15(7-11-17)18(22-19(23)3-2-12-21)13-14-4-8-16(20)9-5-14;/h4-11,18H,2-3,12-13,21H2,1H3,(H,22,23);1H. The molecule has 136 valence electrons. The van der Waals surface area contributed by atoms with Crippen LogP contribution < -0.4 is 15.8 Å². The van der Waals surface area contributed by atoms with Gasteiger partial charge in [-0.25, -0.2) is 4.39 Å². The molecule has 1 atom stereocenters. The molecule has 0 aliphatic rings. The number of benzene rings is 2. The minimum absolute atomic E-state index is 0. The predicted molar refractivity (Wildman–Crippen MR) is 99.5 cm³/mol. The summed E-state index contributed by atoms with van der Waals surface area (Å²) in [6, 6.07) is 13.7. The second kappa shape index (κ2) is 10.7. The van der Waals surface area contributed by atoms with Crippen molar-refractivity contribution in [3.8, 4) is 5.75 Å². The van der Waals surface area contributed by atoms with Crippen LogP contribution in [0.4, 0.5) is 4.39 Å². The van der Waals surface area contributed by atoms with Crippen LogP contribution in [0.1, 0.15) is 30.0 Å². The summed E-state index contributed by atoms with van der Waals surface area (Å²) in [5.74, 6) is 0.448. The maximum absolute atomic E-state index is 13.1. The van der Waals surface area contributed by atoms with Gasteiger partial charge >= 0.3 is 0 Å². The van der Waals surface area contributed by atoms with E-state index in [2.05, 4.69) is 5.32 Å². The van der Waals surface area contributed by atoms with Crippen LogP contribution in [-0.4, -0.2) is 19.6 Å². The molecule has 6 heteroatoms. The number of nitrogens with two attached hydrogens (primary N) is 1. The van der Waals surface area contributed by atoms with Crippen LogP contribution in [0.25, 0.3) is 0 Å². The van der Waals surface area contributed by atoms with Crippen LogP contribution in [0.5, 0.6) is 5.75 Å². The van der Waals surface area contributed by atoms with Crippen LogP contribution >= 0.6 is 12.4 Å². The Morgan fingerprint density at radius 1 is 1.16 bits per heavy atom. The van der Waals surface area contributed by atoms with Crippen LogP contribution in [0.2, 0.25) is 0 Å². The molecule has 0 heterocycles. The van der Waals surface area contributed by atoms with Gasteiger partial charge in [-0.15, -0.1) is 12.4 Å². The maximum Gasteiger partial charge on any atom is 0.220 e. The molecule has 0 saturated carbocycles. The highest BCUT2D eigenvalue weighted by atomic mass is 35.5. The van der Waals surface area contributed by atoms with Crippen LogP contribution in [0, 0.1) is 5.82 Å². The number of carbonyl (C=O) groups is 1. The fourth-order valence-corrected chi connectivity index (χ4v) is 2.47. The lowest BCUT2D eigenvalue weighted by atomic mass is 9.98. The minimum Gasteiger partial charge on any atom is -0.497 e. The Hall–Kier alpha value is -2.11. The van der Waals surface area contributed by atoms with Gasteiger partial charge < -0.3 is 15.8 Å². The highest BCUT2D eigenvalue weighted by Crippen LogP contribution is 2.22. The third-order valence-corrected chi connectivity index (χ3v) is 3.81. The molecule has 4 nitrogen and oxygen atoms in total. The number of halogens is 2. The van der Waals surface area contributed by atoms with E-state index in [1.165, 1.54) is 12.1 Å². The van der Waals surface area contributed by atoms with E-state index in [1.807, 2.05) is 24.3 Å². The largest absolute Gasteiger partial charge is 0.497 e. The van der Waals surface area contributed by atoms with E-state index in [0.29, 0.717) is 25.8 Å². The maximum atomic E-state index is 13.1. The number of carbonyl (C=O) groups excluding carboxylic acids is 1. The van der Waals surface area contributed by atoms with Crippen molar-refractivity contribution in [2.45, 2.75) is 25.3 Å². The molecule has 2 rings (SSSR count). The molecule has 2 aromatic carbocycles. The average Bonchev–Trinajstić information content (AvgIpc) is 2.61. The molecule has 0 saturated heterocycles. The molecule has 1 unspecified atom stereocenters. The molecule has 0 fully saturated rings. The fourth-order valence-electron chi connectivity index (χ4n) is 2.47. The summed E-state index contributed by atoms with van der Waals surface area (Å²) < 4.78 is 18.3. The normalized spacial score (nSPS) is 11.3. The lowest BCUT2D eigenvalue weighted by Crippen LogP contribution is -2.30. The van der Waals surface area contributed by atoms with Gasteiger partial charge in [0.25, 0.3) is 0 Å². The fraction of sp³-hybridized carbons (Fsp3) is 0.316. The van der Waals surface area contributed by atoms with E-state index in [1.54, 1.807) is 19.2 Å². The molecule has 3 N–H and O–H groups in total. The van der Waals surface area contributed by atoms with E-state index in [0.717, 1.165) is 16.9 Å². The van der Waals surface area contributed by atoms with Crippen molar-refractivity contribution in [1.82, 2.24) is 5.32 Å². The number of rotatable bonds is 8. The number of ether oxygens (including phenoxy) is 1. The van der Waals surface area contributed by atoms with Gasteiger partial charge in [0.2, 0.25) is 5.91 Å². The summed E-state index contributed by atoms with van der Waals surface area (Å²) in [6.45, 7) is 0.485. The van der Waals surface area contributed by atoms with Crippen molar-refractivity contribution in [3.05, 3.63) is 65.5 Å². The SMILES string of the molecule is COc1ccc(C(Cc2ccc(F)cc2)NC(=O)CCCN)cc1.Cl. The number of nitrogens with one attached hydrogen (secondary N) is 1. The van der Waals surface area contributed by atoms with E-state index in [-0.39, 0.29) is 30.2 Å². The van der Waals surface area contributed by atoms with Crippen molar-refractivity contribution in [3.63, 3.8) is 0 Å². The molecular formula is C19H24ClFN2O2. The molecule has 0 radical (unpaired) electrons. The van der Waals surface area contributed by atoms with Gasteiger partial charge in [0, 0.05) is 6.42 Å². The lowest BCUT2D eigenvalue weighted by Gasteiger charge is -2.20. The minimum atomic E-state index is -0.272. The first-order valence-electron chi connectivity index (χ1n) is 8.00. The van der Waals surface area contributed by atoms with Gasteiger partial charge in [0.15, 0.2) is 0 Å². The highest BCUT2D eigenvalue weighted by Gasteiger charge is 2.15. The molecule has 25 heavy (non-hydrogen) atoms. The van der Waals surface area contributed by atoms with Gasteiger partial charge in [0.05, 0.1) is 13.2 Å². The first kappa shape index (κ1) is 20.9. The van der Waals surface area contributed by atoms with Gasteiger partial charge in [-0.1, -0.05) is 24.3 Å². The third kappa shape index (κ3) is 6.72. The molecule has 0 aromatic heterocycles. The molecular weight excluding hydrogens is 343 g/mol. The zero-order valence-electron chi connectivity index (χ0n) is 14.2. The van der Waals surface area contributed by atoms with E-state index < -0.39 is 0 Å². The first-order valence-corrected chi connectivity index (χ1v) is 8.00. The summed E-state index contributed by atoms with van der Waals surface area (Å²) in [4.78, 5) is 12.1. The van der Waals surface area contributed by atoms with E-state index >= 15 is 0 Å². The lowest BCUT2D eigenvalue weighted by molar-refractivity contribution is -0.121. The number of hydrogen-bond donors (Lipinski definition) is 2. The quantitative estimate of drug-likeness (QED) is 0.752. The van der Waals surface area contributed by atoms with E-state index in [4.69, 9.17) is 10.5 Å². The van der Waals surface area contributed by atoms with Gasteiger partial charge in [-0.05, 0) is 54.8 Å². The Kier molecular flexibility index (Phi) is 8.95. The highest BCUT2D eigenvalue weighted by molar-refractivity contribution is 5.85. The first-order chi connectivity index (χ1) is 11.6. The Labute approximate surface area is 154 Å². The Morgan fingerprint density at radius 3 is 2.36 bits per heavy atom. The Balaban J connectivity index is 0.00000312. The van der Waals surface area contributed by atoms with Crippen LogP contribution in [0.15, 0.2) is 48.5 Å². The second-order valence-electron chi connectivity index (χ2n) is 5.62. The Morgan fingerprint density at radius 2 is 1.80 bits per heavy atom. The van der Waals surface area contributed by atoms with Crippen LogP contribution in [0.3, 0.4) is 0 Å². The zero-order chi connectivity index (χ0) is 17.4. The summed E-state index contributed by atoms with van der Waals surface area (Å²) >= 11 is 0. The van der Waals surface area contributed by atoms with Crippen molar-refractivity contribution in [2.24, 2.45) is 5.73 Å². The Bertz CT molecular complexity index is 647. The van der Waals surface area contributed by atoms with Gasteiger partial charge in [-0.3, -0.25) is 4.79 Å². The smallest absolute Gasteiger partial charge is 0.220 e. The monoisotopic (exact) mass is 366 g/mol. The van der Waals surface area contributed by atoms with Gasteiger partial charge in [-0.2, -0.15) is 0 Å². The number of hydrogen-bond acceptors (Lipinski definition) is 3. The van der Waals surface area contributed by atoms with Crippen molar-refractivity contribution in [1.29, 1.82) is 0 Å². The molecule has 0 spiro atoms. The van der Waals surface area contributed by atoms with E-state index in [9.17, 15) is 9.18 Å². The number of methoxy groups -OCH3 is 1. The van der Waals surface area contributed by atoms with Gasteiger partial charge in [0.1, 0.15) is 11.6 Å². The summed E-state index contributed by atoms with van der Waals surface area (Å²) in [6.07, 6.45) is 1.63. The third-order valence-electron chi connectivity index (χ3n) is 3.81. The van der Waals surface area contributed by atoms with Crippen molar-refractivity contribution < 1.29 is 13.9 Å². The summed E-state index contributed by atoms with van der Waals surface area (Å²) in [5.41, 5.74) is 7.39. The van der Waals surface area contributed by atoms with Crippen LogP contribution in [-0.2, 0) is 11.2 Å². The topological polar surface area (TPSA) is 64.3 Å². The summed E-state index contributed by atoms with van der Waals surface area (Å²) in [7, 11) is 1.61. The zero-order valence-corrected chi connectivity index (χ0v) is 15.0. The molecule has 0 aliphatic carbocycles. The molecule has 1 amide bonds.